The first kappa shape index (κ1) is 19.3. The van der Waals surface area contributed by atoms with Gasteiger partial charge in [-0.25, -0.2) is 0 Å². The second-order valence-electron chi connectivity index (χ2n) is 6.10. The van der Waals surface area contributed by atoms with Gasteiger partial charge in [-0.2, -0.15) is 0 Å². The summed E-state index contributed by atoms with van der Waals surface area (Å²) in [6.45, 7) is 6.66. The molecule has 1 fully saturated rings. The van der Waals surface area contributed by atoms with Gasteiger partial charge in [-0.15, -0.1) is 12.4 Å². The molecule has 1 saturated heterocycles. The minimum absolute atomic E-state index is 0. The van der Waals surface area contributed by atoms with Crippen LogP contribution in [0, 0.1) is 11.8 Å². The molecule has 1 aromatic rings. The number of amides is 1. The zero-order chi connectivity index (χ0) is 15.4. The minimum Gasteiger partial charge on any atom is -0.371 e. The average Bonchev–Trinajstić information content (AvgIpc) is 2.92. The van der Waals surface area contributed by atoms with E-state index in [1.165, 1.54) is 5.69 Å². The van der Waals surface area contributed by atoms with Crippen LogP contribution in [0.15, 0.2) is 28.7 Å². The molecular weight excluding hydrogens is 366 g/mol. The molecule has 1 unspecified atom stereocenters. The van der Waals surface area contributed by atoms with E-state index in [0.29, 0.717) is 12.5 Å². The zero-order valence-electron chi connectivity index (χ0n) is 13.1. The number of nitrogens with one attached hydrogen (secondary N) is 1. The van der Waals surface area contributed by atoms with E-state index < -0.39 is 6.04 Å². The first-order valence-corrected chi connectivity index (χ1v) is 8.30. The molecule has 0 aromatic heterocycles. The maximum atomic E-state index is 11.9. The van der Waals surface area contributed by atoms with E-state index in [1.54, 1.807) is 0 Å². The number of anilines is 1. The van der Waals surface area contributed by atoms with E-state index in [0.717, 1.165) is 24.0 Å². The topological polar surface area (TPSA) is 58.4 Å². The smallest absolute Gasteiger partial charge is 0.237 e. The zero-order valence-corrected chi connectivity index (χ0v) is 15.5. The average molecular weight is 391 g/mol. The predicted molar refractivity (Wildman–Crippen MR) is 97.5 cm³/mol. The molecule has 1 heterocycles. The number of rotatable bonds is 5. The van der Waals surface area contributed by atoms with Crippen molar-refractivity contribution in [2.75, 3.05) is 24.5 Å². The van der Waals surface area contributed by atoms with Crippen molar-refractivity contribution in [3.8, 4) is 0 Å². The molecule has 3 N–H and O–H groups in total. The molecular formula is C16H25BrClN3O. The van der Waals surface area contributed by atoms with Crippen LogP contribution in [-0.4, -0.2) is 31.6 Å². The number of hydrogen-bond acceptors (Lipinski definition) is 3. The van der Waals surface area contributed by atoms with Gasteiger partial charge in [0, 0.05) is 29.8 Å². The summed E-state index contributed by atoms with van der Waals surface area (Å²) < 4.78 is 1.10. The first-order valence-electron chi connectivity index (χ1n) is 7.51. The molecule has 1 aliphatic heterocycles. The number of nitrogens with two attached hydrogens (primary N) is 1. The largest absolute Gasteiger partial charge is 0.371 e. The third kappa shape index (κ3) is 5.14. The van der Waals surface area contributed by atoms with Crippen molar-refractivity contribution in [1.29, 1.82) is 0 Å². The summed E-state index contributed by atoms with van der Waals surface area (Å²) in [6.07, 6.45) is 1.10. The molecule has 0 radical (unpaired) electrons. The van der Waals surface area contributed by atoms with Gasteiger partial charge in [-0.3, -0.25) is 4.79 Å². The Bertz CT molecular complexity index is 498. The van der Waals surface area contributed by atoms with Gasteiger partial charge < -0.3 is 16.0 Å². The molecule has 1 aliphatic rings. The molecule has 22 heavy (non-hydrogen) atoms. The number of hydrogen-bond donors (Lipinski definition) is 2. The van der Waals surface area contributed by atoms with Crippen molar-refractivity contribution in [1.82, 2.24) is 5.32 Å². The van der Waals surface area contributed by atoms with E-state index in [9.17, 15) is 4.79 Å². The number of halogens is 2. The van der Waals surface area contributed by atoms with Crippen LogP contribution in [0.5, 0.6) is 0 Å². The molecule has 2 rings (SSSR count). The number of benzene rings is 1. The molecule has 2 atom stereocenters. The van der Waals surface area contributed by atoms with Gasteiger partial charge in [0.15, 0.2) is 0 Å². The maximum absolute atomic E-state index is 11.9. The van der Waals surface area contributed by atoms with Crippen LogP contribution in [0.25, 0.3) is 0 Å². The first-order chi connectivity index (χ1) is 9.97. The van der Waals surface area contributed by atoms with Crippen molar-refractivity contribution < 1.29 is 4.79 Å². The number of carbonyl (C=O) groups excluding carboxylic acids is 1. The number of carbonyl (C=O) groups is 1. The van der Waals surface area contributed by atoms with Crippen LogP contribution in [-0.2, 0) is 4.79 Å². The lowest BCUT2D eigenvalue weighted by Crippen LogP contribution is -2.45. The summed E-state index contributed by atoms with van der Waals surface area (Å²) in [5, 5.41) is 2.99. The standard InChI is InChI=1S/C16H24BrN3O.ClH/c1-11(2)15(18)16(21)19-9-12-6-7-20(10-12)14-5-3-4-13(17)8-14;/h3-5,8,11-12,15H,6-7,9-10,18H2,1-2H3,(H,19,21);1H/t12?,15-;/m0./s1. The Labute approximate surface area is 147 Å². The second kappa shape index (κ2) is 8.75. The van der Waals surface area contributed by atoms with Crippen LogP contribution in [0.2, 0.25) is 0 Å². The highest BCUT2D eigenvalue weighted by atomic mass is 79.9. The monoisotopic (exact) mass is 389 g/mol. The SMILES string of the molecule is CC(C)[C@H](N)C(=O)NCC1CCN(c2cccc(Br)c2)C1.Cl. The van der Waals surface area contributed by atoms with E-state index in [-0.39, 0.29) is 24.2 Å². The molecule has 0 bridgehead atoms. The van der Waals surface area contributed by atoms with Crippen molar-refractivity contribution in [2.24, 2.45) is 17.6 Å². The lowest BCUT2D eigenvalue weighted by molar-refractivity contribution is -0.123. The fourth-order valence-corrected chi connectivity index (χ4v) is 2.96. The summed E-state index contributed by atoms with van der Waals surface area (Å²) >= 11 is 3.51. The highest BCUT2D eigenvalue weighted by Crippen LogP contribution is 2.25. The Balaban J connectivity index is 0.00000242. The van der Waals surface area contributed by atoms with E-state index in [1.807, 2.05) is 19.9 Å². The predicted octanol–water partition coefficient (Wildman–Crippen LogP) is 2.80. The molecule has 6 heteroatoms. The van der Waals surface area contributed by atoms with E-state index >= 15 is 0 Å². The fraction of sp³-hybridized carbons (Fsp3) is 0.562. The summed E-state index contributed by atoms with van der Waals surface area (Å²) in [5.41, 5.74) is 7.09. The molecule has 1 amide bonds. The highest BCUT2D eigenvalue weighted by Gasteiger charge is 2.24. The van der Waals surface area contributed by atoms with Crippen LogP contribution in [0.3, 0.4) is 0 Å². The molecule has 0 saturated carbocycles. The number of nitrogens with zero attached hydrogens (tertiary/aromatic N) is 1. The summed E-state index contributed by atoms with van der Waals surface area (Å²) in [5.74, 6) is 0.630. The lowest BCUT2D eigenvalue weighted by Gasteiger charge is -2.20. The normalized spacial score (nSPS) is 19.0. The molecule has 0 spiro atoms. The van der Waals surface area contributed by atoms with Crippen LogP contribution < -0.4 is 16.0 Å². The Morgan fingerprint density at radius 2 is 2.23 bits per heavy atom. The quantitative estimate of drug-likeness (QED) is 0.813. The van der Waals surface area contributed by atoms with Gasteiger partial charge in [-0.05, 0) is 36.5 Å². The second-order valence-corrected chi connectivity index (χ2v) is 7.01. The fourth-order valence-electron chi connectivity index (χ4n) is 2.57. The van der Waals surface area contributed by atoms with Gasteiger partial charge in [0.1, 0.15) is 0 Å². The van der Waals surface area contributed by atoms with Crippen molar-refractivity contribution >= 4 is 39.9 Å². The maximum Gasteiger partial charge on any atom is 0.237 e. The molecule has 124 valence electrons. The van der Waals surface area contributed by atoms with Crippen molar-refractivity contribution in [2.45, 2.75) is 26.3 Å². The Morgan fingerprint density at radius 3 is 2.86 bits per heavy atom. The molecule has 0 aliphatic carbocycles. The van der Waals surface area contributed by atoms with Gasteiger partial charge in [0.25, 0.3) is 0 Å². The third-order valence-electron chi connectivity index (χ3n) is 4.05. The van der Waals surface area contributed by atoms with Crippen LogP contribution >= 0.6 is 28.3 Å². The summed E-state index contributed by atoms with van der Waals surface area (Å²) in [6, 6.07) is 7.93. The van der Waals surface area contributed by atoms with E-state index in [4.69, 9.17) is 5.73 Å². The van der Waals surface area contributed by atoms with E-state index in [2.05, 4.69) is 44.3 Å². The van der Waals surface area contributed by atoms with Gasteiger partial charge in [-0.1, -0.05) is 35.8 Å². The summed E-state index contributed by atoms with van der Waals surface area (Å²) in [7, 11) is 0. The molecule has 1 aromatic carbocycles. The van der Waals surface area contributed by atoms with Crippen molar-refractivity contribution in [3.05, 3.63) is 28.7 Å². The Morgan fingerprint density at radius 1 is 1.50 bits per heavy atom. The third-order valence-corrected chi connectivity index (χ3v) is 4.54. The highest BCUT2D eigenvalue weighted by molar-refractivity contribution is 9.10. The Kier molecular flexibility index (Phi) is 7.66. The van der Waals surface area contributed by atoms with Gasteiger partial charge in [0.05, 0.1) is 6.04 Å². The minimum atomic E-state index is -0.410. The summed E-state index contributed by atoms with van der Waals surface area (Å²) in [4.78, 5) is 14.2. The van der Waals surface area contributed by atoms with Crippen LogP contribution in [0.4, 0.5) is 5.69 Å². The Hall–Kier alpha value is -0.780. The lowest BCUT2D eigenvalue weighted by atomic mass is 10.0. The molecule has 4 nitrogen and oxygen atoms in total. The van der Waals surface area contributed by atoms with Gasteiger partial charge >= 0.3 is 0 Å². The van der Waals surface area contributed by atoms with Gasteiger partial charge in [0.2, 0.25) is 5.91 Å². The van der Waals surface area contributed by atoms with Crippen molar-refractivity contribution in [3.63, 3.8) is 0 Å². The van der Waals surface area contributed by atoms with Crippen LogP contribution in [0.1, 0.15) is 20.3 Å².